The van der Waals surface area contributed by atoms with Crippen molar-refractivity contribution in [3.8, 4) is 23.3 Å². The van der Waals surface area contributed by atoms with E-state index in [1.807, 2.05) is 12.1 Å². The van der Waals surface area contributed by atoms with Crippen molar-refractivity contribution in [2.45, 2.75) is 19.4 Å². The van der Waals surface area contributed by atoms with E-state index in [1.54, 1.807) is 19.9 Å². The summed E-state index contributed by atoms with van der Waals surface area (Å²) in [7, 11) is 0. The fourth-order valence-corrected chi connectivity index (χ4v) is 1.20. The predicted octanol–water partition coefficient (Wildman–Crippen LogP) is 1.54. The second-order valence-electron chi connectivity index (χ2n) is 3.88. The van der Waals surface area contributed by atoms with E-state index in [0.29, 0.717) is 5.75 Å². The molecule has 1 aromatic rings. The van der Waals surface area contributed by atoms with Crippen molar-refractivity contribution >= 4 is 0 Å². The monoisotopic (exact) mass is 204 g/mol. The highest BCUT2D eigenvalue weighted by atomic mass is 16.7. The first-order chi connectivity index (χ1) is 7.04. The van der Waals surface area contributed by atoms with Crippen molar-refractivity contribution in [2.75, 3.05) is 6.79 Å². The van der Waals surface area contributed by atoms with Gasteiger partial charge in [0.05, 0.1) is 0 Å². The normalized spacial score (nSPS) is 13.3. The van der Waals surface area contributed by atoms with E-state index < -0.39 is 5.60 Å². The lowest BCUT2D eigenvalue weighted by atomic mass is 10.1. The van der Waals surface area contributed by atoms with E-state index in [9.17, 15) is 5.11 Å². The van der Waals surface area contributed by atoms with Gasteiger partial charge >= 0.3 is 0 Å². The van der Waals surface area contributed by atoms with Crippen LogP contribution in [0, 0.1) is 11.8 Å². The van der Waals surface area contributed by atoms with Crippen LogP contribution in [0.2, 0.25) is 0 Å². The molecular formula is C12H12O3. The van der Waals surface area contributed by atoms with Gasteiger partial charge in [0.15, 0.2) is 11.5 Å². The lowest BCUT2D eigenvalue weighted by Gasteiger charge is -2.05. The van der Waals surface area contributed by atoms with Crippen LogP contribution in [0.25, 0.3) is 0 Å². The number of fused-ring (bicyclic) bond motifs is 1. The highest BCUT2D eigenvalue weighted by Crippen LogP contribution is 2.32. The zero-order valence-corrected chi connectivity index (χ0v) is 8.70. The topological polar surface area (TPSA) is 38.7 Å². The molecule has 0 saturated carbocycles. The molecule has 1 N–H and O–H groups in total. The Bertz CT molecular complexity index is 432. The van der Waals surface area contributed by atoms with Crippen molar-refractivity contribution in [3.05, 3.63) is 23.8 Å². The molecule has 0 atom stereocenters. The molecule has 0 saturated heterocycles. The average molecular weight is 204 g/mol. The largest absolute Gasteiger partial charge is 0.454 e. The zero-order valence-electron chi connectivity index (χ0n) is 8.70. The molecule has 1 aliphatic heterocycles. The second-order valence-corrected chi connectivity index (χ2v) is 3.88. The molecule has 78 valence electrons. The SMILES string of the molecule is CC(C)(O)C#Cc1ccc2c(c1)OCO2. The summed E-state index contributed by atoms with van der Waals surface area (Å²) in [5.74, 6) is 7.06. The first-order valence-electron chi connectivity index (χ1n) is 4.70. The molecule has 0 spiro atoms. The van der Waals surface area contributed by atoms with Crippen molar-refractivity contribution in [1.29, 1.82) is 0 Å². The van der Waals surface area contributed by atoms with Gasteiger partial charge in [0.25, 0.3) is 0 Å². The zero-order chi connectivity index (χ0) is 10.9. The van der Waals surface area contributed by atoms with E-state index >= 15 is 0 Å². The van der Waals surface area contributed by atoms with Crippen LogP contribution in [-0.2, 0) is 0 Å². The van der Waals surface area contributed by atoms with E-state index in [2.05, 4.69) is 11.8 Å². The molecular weight excluding hydrogens is 192 g/mol. The van der Waals surface area contributed by atoms with Gasteiger partial charge in [0.1, 0.15) is 5.60 Å². The van der Waals surface area contributed by atoms with E-state index in [0.717, 1.165) is 11.3 Å². The Morgan fingerprint density at radius 2 is 2.00 bits per heavy atom. The smallest absolute Gasteiger partial charge is 0.231 e. The van der Waals surface area contributed by atoms with E-state index in [1.165, 1.54) is 0 Å². The van der Waals surface area contributed by atoms with Crippen LogP contribution in [0.5, 0.6) is 11.5 Å². The molecule has 0 fully saturated rings. The molecule has 0 aliphatic carbocycles. The maximum absolute atomic E-state index is 9.44. The van der Waals surface area contributed by atoms with Crippen molar-refractivity contribution < 1.29 is 14.6 Å². The number of aliphatic hydroxyl groups is 1. The van der Waals surface area contributed by atoms with Crippen molar-refractivity contribution in [2.24, 2.45) is 0 Å². The number of benzene rings is 1. The minimum atomic E-state index is -0.976. The molecule has 1 aliphatic rings. The Kier molecular flexibility index (Phi) is 2.29. The van der Waals surface area contributed by atoms with Gasteiger partial charge < -0.3 is 14.6 Å². The highest BCUT2D eigenvalue weighted by molar-refractivity contribution is 5.49. The maximum Gasteiger partial charge on any atom is 0.231 e. The fraction of sp³-hybridized carbons (Fsp3) is 0.333. The Morgan fingerprint density at radius 1 is 1.27 bits per heavy atom. The van der Waals surface area contributed by atoms with Crippen LogP contribution >= 0.6 is 0 Å². The first-order valence-corrected chi connectivity index (χ1v) is 4.70. The Labute approximate surface area is 88.6 Å². The summed E-state index contributed by atoms with van der Waals surface area (Å²) in [6, 6.07) is 5.46. The summed E-state index contributed by atoms with van der Waals surface area (Å²) in [6.07, 6.45) is 0. The molecule has 1 heterocycles. The third-order valence-electron chi connectivity index (χ3n) is 1.89. The number of ether oxygens (including phenoxy) is 2. The lowest BCUT2D eigenvalue weighted by molar-refractivity contribution is 0.143. The van der Waals surface area contributed by atoms with E-state index in [-0.39, 0.29) is 6.79 Å². The number of hydrogen-bond acceptors (Lipinski definition) is 3. The molecule has 3 nitrogen and oxygen atoms in total. The molecule has 0 unspecified atom stereocenters. The molecule has 3 heteroatoms. The molecule has 0 radical (unpaired) electrons. The van der Waals surface area contributed by atoms with Gasteiger partial charge in [-0.3, -0.25) is 0 Å². The summed E-state index contributed by atoms with van der Waals surface area (Å²) in [5.41, 5.74) is -0.169. The van der Waals surface area contributed by atoms with Gasteiger partial charge in [0, 0.05) is 5.56 Å². The molecule has 15 heavy (non-hydrogen) atoms. The van der Waals surface area contributed by atoms with Crippen molar-refractivity contribution in [1.82, 2.24) is 0 Å². The summed E-state index contributed by atoms with van der Waals surface area (Å²) < 4.78 is 10.4. The summed E-state index contributed by atoms with van der Waals surface area (Å²) >= 11 is 0. The van der Waals surface area contributed by atoms with Gasteiger partial charge in [-0.25, -0.2) is 0 Å². The van der Waals surface area contributed by atoms with Gasteiger partial charge in [0.2, 0.25) is 6.79 Å². The Hall–Kier alpha value is -1.66. The predicted molar refractivity (Wildman–Crippen MR) is 55.7 cm³/mol. The number of rotatable bonds is 0. The Balaban J connectivity index is 2.27. The van der Waals surface area contributed by atoms with Gasteiger partial charge in [-0.1, -0.05) is 11.8 Å². The fourth-order valence-electron chi connectivity index (χ4n) is 1.20. The second kappa shape index (κ2) is 3.48. The minimum Gasteiger partial charge on any atom is -0.454 e. The van der Waals surface area contributed by atoms with Crippen LogP contribution < -0.4 is 9.47 Å². The van der Waals surface area contributed by atoms with Crippen LogP contribution in [0.15, 0.2) is 18.2 Å². The minimum absolute atomic E-state index is 0.262. The summed E-state index contributed by atoms with van der Waals surface area (Å²) in [5, 5.41) is 9.44. The molecule has 0 aromatic heterocycles. The molecule has 1 aromatic carbocycles. The maximum atomic E-state index is 9.44. The van der Waals surface area contributed by atoms with Crippen molar-refractivity contribution in [3.63, 3.8) is 0 Å². The van der Waals surface area contributed by atoms with Crippen LogP contribution in [0.4, 0.5) is 0 Å². The molecule has 0 bridgehead atoms. The first kappa shape index (κ1) is 9.88. The highest BCUT2D eigenvalue weighted by Gasteiger charge is 2.12. The third kappa shape index (κ3) is 2.42. The van der Waals surface area contributed by atoms with E-state index in [4.69, 9.17) is 9.47 Å². The Morgan fingerprint density at radius 3 is 2.73 bits per heavy atom. The van der Waals surface area contributed by atoms with Gasteiger partial charge in [-0.15, -0.1) is 0 Å². The molecule has 0 amide bonds. The van der Waals surface area contributed by atoms with Gasteiger partial charge in [-0.05, 0) is 32.0 Å². The standard InChI is InChI=1S/C12H12O3/c1-12(2,13)6-5-9-3-4-10-11(7-9)15-8-14-10/h3-4,7,13H,8H2,1-2H3. The number of hydrogen-bond donors (Lipinski definition) is 1. The van der Waals surface area contributed by atoms with Crippen LogP contribution in [-0.4, -0.2) is 17.5 Å². The summed E-state index contributed by atoms with van der Waals surface area (Å²) in [4.78, 5) is 0. The quantitative estimate of drug-likeness (QED) is 0.651. The van der Waals surface area contributed by atoms with Gasteiger partial charge in [-0.2, -0.15) is 0 Å². The summed E-state index contributed by atoms with van der Waals surface area (Å²) in [6.45, 7) is 3.55. The lowest BCUT2D eigenvalue weighted by Crippen LogP contribution is -2.14. The molecule has 2 rings (SSSR count). The third-order valence-corrected chi connectivity index (χ3v) is 1.89. The van der Waals surface area contributed by atoms with Crippen LogP contribution in [0.3, 0.4) is 0 Å². The van der Waals surface area contributed by atoms with Crippen LogP contribution in [0.1, 0.15) is 19.4 Å². The average Bonchev–Trinajstić information content (AvgIpc) is 2.60.